The molecule has 1 aliphatic rings. The fourth-order valence-corrected chi connectivity index (χ4v) is 2.42. The molecule has 1 aromatic carbocycles. The fourth-order valence-electron chi connectivity index (χ4n) is 2.42. The van der Waals surface area contributed by atoms with Crippen LogP contribution in [0.3, 0.4) is 0 Å². The van der Waals surface area contributed by atoms with Crippen LogP contribution in [0.25, 0.3) is 0 Å². The third-order valence-corrected chi connectivity index (χ3v) is 3.83. The number of nitrogens with zero attached hydrogens (tertiary/aromatic N) is 2. The van der Waals surface area contributed by atoms with E-state index < -0.39 is 0 Å². The van der Waals surface area contributed by atoms with E-state index in [1.807, 2.05) is 6.07 Å². The van der Waals surface area contributed by atoms with Gasteiger partial charge >= 0.3 is 0 Å². The van der Waals surface area contributed by atoms with E-state index in [-0.39, 0.29) is 0 Å². The minimum atomic E-state index is 0.500. The van der Waals surface area contributed by atoms with Gasteiger partial charge in [0.25, 0.3) is 0 Å². The summed E-state index contributed by atoms with van der Waals surface area (Å²) >= 11 is 0. The quantitative estimate of drug-likeness (QED) is 0.796. The molecule has 0 saturated carbocycles. The molecule has 0 fully saturated rings. The second-order valence-electron chi connectivity index (χ2n) is 5.07. The van der Waals surface area contributed by atoms with Crippen LogP contribution in [0, 0.1) is 0 Å². The molecule has 1 aromatic rings. The van der Waals surface area contributed by atoms with Crippen LogP contribution in [0.2, 0.25) is 0 Å². The summed E-state index contributed by atoms with van der Waals surface area (Å²) in [7, 11) is 4.39. The van der Waals surface area contributed by atoms with Gasteiger partial charge in [0, 0.05) is 31.1 Å². The van der Waals surface area contributed by atoms with Gasteiger partial charge in [-0.05, 0) is 26.7 Å². The van der Waals surface area contributed by atoms with Crippen molar-refractivity contribution in [3.63, 3.8) is 0 Å². The third kappa shape index (κ3) is 3.03. The van der Waals surface area contributed by atoms with Crippen molar-refractivity contribution in [2.45, 2.75) is 19.4 Å². The van der Waals surface area contributed by atoms with Gasteiger partial charge < -0.3 is 9.64 Å². The van der Waals surface area contributed by atoms with Crippen LogP contribution in [-0.4, -0.2) is 50.1 Å². The van der Waals surface area contributed by atoms with Gasteiger partial charge in [0.15, 0.2) is 0 Å². The lowest BCUT2D eigenvalue weighted by Gasteiger charge is -2.34. The fraction of sp³-hybridized carbons (Fsp3) is 0.600. The van der Waals surface area contributed by atoms with Gasteiger partial charge in [-0.3, -0.25) is 4.90 Å². The van der Waals surface area contributed by atoms with Crippen molar-refractivity contribution < 1.29 is 4.74 Å². The molecule has 0 aromatic heterocycles. The van der Waals surface area contributed by atoms with Crippen molar-refractivity contribution in [2.75, 3.05) is 40.3 Å². The average Bonchev–Trinajstić information content (AvgIpc) is 2.43. The summed E-state index contributed by atoms with van der Waals surface area (Å²) in [6.07, 6.45) is 1.09. The second kappa shape index (κ2) is 6.21. The first-order valence-electron chi connectivity index (χ1n) is 6.83. The molecule has 18 heavy (non-hydrogen) atoms. The van der Waals surface area contributed by atoms with Gasteiger partial charge in [-0.2, -0.15) is 0 Å². The molecule has 0 spiro atoms. The van der Waals surface area contributed by atoms with Gasteiger partial charge in [0.1, 0.15) is 5.75 Å². The molecule has 1 unspecified atom stereocenters. The maximum atomic E-state index is 5.71. The minimum absolute atomic E-state index is 0.500. The van der Waals surface area contributed by atoms with E-state index >= 15 is 0 Å². The summed E-state index contributed by atoms with van der Waals surface area (Å²) in [6, 6.07) is 8.92. The number of likely N-dealkylation sites (N-methyl/N-ethyl adjacent to an activating group) is 2. The lowest BCUT2D eigenvalue weighted by Crippen LogP contribution is -2.35. The van der Waals surface area contributed by atoms with E-state index in [9.17, 15) is 0 Å². The average molecular weight is 248 g/mol. The summed E-state index contributed by atoms with van der Waals surface area (Å²) < 4.78 is 5.71. The lowest BCUT2D eigenvalue weighted by atomic mass is 9.99. The van der Waals surface area contributed by atoms with Gasteiger partial charge in [0.2, 0.25) is 0 Å². The highest BCUT2D eigenvalue weighted by Crippen LogP contribution is 2.34. The zero-order valence-corrected chi connectivity index (χ0v) is 11.7. The molecule has 1 aliphatic heterocycles. The minimum Gasteiger partial charge on any atom is -0.493 e. The number of hydrogen-bond acceptors (Lipinski definition) is 3. The first kappa shape index (κ1) is 13.4. The number of benzene rings is 1. The molecule has 0 radical (unpaired) electrons. The molecule has 1 heterocycles. The Kier molecular flexibility index (Phi) is 4.61. The SMILES string of the molecule is CCN(C)CCN(C)C1CCOc2ccccc21. The second-order valence-corrected chi connectivity index (χ2v) is 5.07. The molecule has 0 aliphatic carbocycles. The smallest absolute Gasteiger partial charge is 0.124 e. The molecule has 2 rings (SSSR count). The van der Waals surface area contributed by atoms with Crippen LogP contribution < -0.4 is 4.74 Å². The number of para-hydroxylation sites is 1. The molecule has 0 bridgehead atoms. The Morgan fingerprint density at radius 2 is 2.00 bits per heavy atom. The Morgan fingerprint density at radius 3 is 2.78 bits per heavy atom. The normalized spacial score (nSPS) is 18.8. The standard InChI is InChI=1S/C15H24N2O/c1-4-16(2)10-11-17(3)14-9-12-18-15-8-6-5-7-13(14)15/h5-8,14H,4,9-12H2,1-3H3. The van der Waals surface area contributed by atoms with Crippen molar-refractivity contribution in [1.82, 2.24) is 9.80 Å². The first-order valence-corrected chi connectivity index (χ1v) is 6.83. The van der Waals surface area contributed by atoms with E-state index in [0.29, 0.717) is 6.04 Å². The molecule has 0 N–H and O–H groups in total. The lowest BCUT2D eigenvalue weighted by molar-refractivity contribution is 0.153. The van der Waals surface area contributed by atoms with E-state index in [1.165, 1.54) is 5.56 Å². The van der Waals surface area contributed by atoms with Crippen molar-refractivity contribution in [3.05, 3.63) is 29.8 Å². The molecule has 0 amide bonds. The highest BCUT2D eigenvalue weighted by atomic mass is 16.5. The number of hydrogen-bond donors (Lipinski definition) is 0. The molecule has 100 valence electrons. The van der Waals surface area contributed by atoms with Crippen molar-refractivity contribution in [3.8, 4) is 5.75 Å². The van der Waals surface area contributed by atoms with E-state index in [1.54, 1.807) is 0 Å². The molecular formula is C15H24N2O. The number of rotatable bonds is 5. The molecular weight excluding hydrogens is 224 g/mol. The maximum Gasteiger partial charge on any atom is 0.124 e. The Labute approximate surface area is 110 Å². The Balaban J connectivity index is 2.01. The van der Waals surface area contributed by atoms with Crippen LogP contribution in [-0.2, 0) is 0 Å². The van der Waals surface area contributed by atoms with E-state index in [0.717, 1.165) is 38.4 Å². The number of ether oxygens (including phenoxy) is 1. The largest absolute Gasteiger partial charge is 0.493 e. The van der Waals surface area contributed by atoms with Gasteiger partial charge in [-0.15, -0.1) is 0 Å². The van der Waals surface area contributed by atoms with Crippen LogP contribution >= 0.6 is 0 Å². The van der Waals surface area contributed by atoms with Crippen LogP contribution in [0.4, 0.5) is 0 Å². The summed E-state index contributed by atoms with van der Waals surface area (Å²) in [5.41, 5.74) is 1.34. The van der Waals surface area contributed by atoms with Crippen LogP contribution in [0.15, 0.2) is 24.3 Å². The van der Waals surface area contributed by atoms with Crippen molar-refractivity contribution in [2.24, 2.45) is 0 Å². The predicted molar refractivity (Wildman–Crippen MR) is 75.1 cm³/mol. The van der Waals surface area contributed by atoms with E-state index in [4.69, 9.17) is 4.74 Å². The predicted octanol–water partition coefficient (Wildman–Crippen LogP) is 2.39. The van der Waals surface area contributed by atoms with Gasteiger partial charge in [0.05, 0.1) is 6.61 Å². The number of fused-ring (bicyclic) bond motifs is 1. The van der Waals surface area contributed by atoms with E-state index in [2.05, 4.69) is 49.0 Å². The zero-order chi connectivity index (χ0) is 13.0. The topological polar surface area (TPSA) is 15.7 Å². The van der Waals surface area contributed by atoms with Gasteiger partial charge in [-0.1, -0.05) is 25.1 Å². The molecule has 0 saturated heterocycles. The monoisotopic (exact) mass is 248 g/mol. The highest BCUT2D eigenvalue weighted by Gasteiger charge is 2.24. The van der Waals surface area contributed by atoms with Crippen LogP contribution in [0.5, 0.6) is 5.75 Å². The molecule has 3 nitrogen and oxygen atoms in total. The Morgan fingerprint density at radius 1 is 1.22 bits per heavy atom. The summed E-state index contributed by atoms with van der Waals surface area (Å²) in [5, 5.41) is 0. The van der Waals surface area contributed by atoms with Gasteiger partial charge in [-0.25, -0.2) is 0 Å². The highest BCUT2D eigenvalue weighted by molar-refractivity contribution is 5.37. The Bertz CT molecular complexity index is 381. The summed E-state index contributed by atoms with van der Waals surface area (Å²) in [4.78, 5) is 4.80. The van der Waals surface area contributed by atoms with Crippen LogP contribution in [0.1, 0.15) is 24.9 Å². The van der Waals surface area contributed by atoms with Crippen molar-refractivity contribution >= 4 is 0 Å². The maximum absolute atomic E-state index is 5.71. The summed E-state index contributed by atoms with van der Waals surface area (Å²) in [6.45, 7) is 6.35. The Hall–Kier alpha value is -1.06. The molecule has 1 atom stereocenters. The third-order valence-electron chi connectivity index (χ3n) is 3.83. The zero-order valence-electron chi connectivity index (χ0n) is 11.7. The summed E-state index contributed by atoms with van der Waals surface area (Å²) in [5.74, 6) is 1.06. The first-order chi connectivity index (χ1) is 8.72. The van der Waals surface area contributed by atoms with Crippen molar-refractivity contribution in [1.29, 1.82) is 0 Å². The molecule has 3 heteroatoms.